The van der Waals surface area contributed by atoms with Gasteiger partial charge < -0.3 is 11.1 Å². The molecule has 1 fully saturated rings. The van der Waals surface area contributed by atoms with E-state index in [1.807, 2.05) is 12.1 Å². The number of rotatable bonds is 4. The molecule has 2 heterocycles. The summed E-state index contributed by atoms with van der Waals surface area (Å²) < 4.78 is 0. The fraction of sp³-hybridized carbons (Fsp3) is 0.467. The van der Waals surface area contributed by atoms with Gasteiger partial charge in [0.15, 0.2) is 11.8 Å². The molecule has 1 aliphatic rings. The molecule has 3 rings (SSSR count). The molecule has 116 valence electrons. The predicted molar refractivity (Wildman–Crippen MR) is 84.9 cm³/mol. The van der Waals surface area contributed by atoms with Gasteiger partial charge in [0, 0.05) is 24.0 Å². The number of nitrogens with two attached hydrogens (primary N) is 1. The van der Waals surface area contributed by atoms with Crippen molar-refractivity contribution in [3.63, 3.8) is 0 Å². The van der Waals surface area contributed by atoms with Gasteiger partial charge in [-0.15, -0.1) is 0 Å². The van der Waals surface area contributed by atoms with Crippen molar-refractivity contribution < 1.29 is 0 Å². The van der Waals surface area contributed by atoms with Gasteiger partial charge in [0.25, 0.3) is 0 Å². The standard InChI is InChI=1S/C15H21N7/c16-15(19-12-4-2-1-3-5-12)18-10-13-20-14(22-21-13)11-6-8-17-9-7-11/h6-9,12H,1-5,10H2,(H3,16,18,19)(H,20,21,22). The first-order valence-corrected chi connectivity index (χ1v) is 7.69. The molecule has 1 aliphatic carbocycles. The lowest BCUT2D eigenvalue weighted by molar-refractivity contribution is 0.412. The van der Waals surface area contributed by atoms with Crippen LogP contribution in [0.25, 0.3) is 11.4 Å². The van der Waals surface area contributed by atoms with E-state index in [9.17, 15) is 0 Å². The van der Waals surface area contributed by atoms with Crippen LogP contribution in [-0.2, 0) is 6.54 Å². The number of H-pyrrole nitrogens is 1. The number of pyridine rings is 1. The monoisotopic (exact) mass is 299 g/mol. The summed E-state index contributed by atoms with van der Waals surface area (Å²) in [5.41, 5.74) is 6.86. The van der Waals surface area contributed by atoms with Crippen LogP contribution in [0.3, 0.4) is 0 Å². The SMILES string of the molecule is NC(=NCc1nc(-c2ccncc2)n[nH]1)NC1CCCCC1. The Bertz CT molecular complexity index is 614. The van der Waals surface area contributed by atoms with E-state index in [2.05, 4.69) is 30.5 Å². The van der Waals surface area contributed by atoms with Crippen LogP contribution in [0.5, 0.6) is 0 Å². The number of guanidine groups is 1. The molecule has 4 N–H and O–H groups in total. The molecule has 7 heteroatoms. The molecule has 0 aliphatic heterocycles. The summed E-state index contributed by atoms with van der Waals surface area (Å²) in [6, 6.07) is 4.20. The summed E-state index contributed by atoms with van der Waals surface area (Å²) in [5.74, 6) is 1.82. The van der Waals surface area contributed by atoms with Crippen LogP contribution in [-0.4, -0.2) is 32.2 Å². The fourth-order valence-electron chi connectivity index (χ4n) is 2.66. The largest absolute Gasteiger partial charge is 0.370 e. The molecule has 0 bridgehead atoms. The van der Waals surface area contributed by atoms with Crippen molar-refractivity contribution in [2.45, 2.75) is 44.7 Å². The lowest BCUT2D eigenvalue weighted by Crippen LogP contribution is -2.41. The first-order chi connectivity index (χ1) is 10.8. The number of aromatic amines is 1. The van der Waals surface area contributed by atoms with Gasteiger partial charge in [0.1, 0.15) is 12.4 Å². The van der Waals surface area contributed by atoms with Crippen molar-refractivity contribution in [1.82, 2.24) is 25.5 Å². The maximum Gasteiger partial charge on any atom is 0.189 e. The molecule has 0 aromatic carbocycles. The summed E-state index contributed by atoms with van der Waals surface area (Å²) in [5, 5.41) is 10.4. The van der Waals surface area contributed by atoms with E-state index in [4.69, 9.17) is 5.73 Å². The highest BCUT2D eigenvalue weighted by molar-refractivity contribution is 5.78. The van der Waals surface area contributed by atoms with E-state index >= 15 is 0 Å². The van der Waals surface area contributed by atoms with E-state index in [1.54, 1.807) is 12.4 Å². The lowest BCUT2D eigenvalue weighted by Gasteiger charge is -2.23. The maximum absolute atomic E-state index is 5.94. The van der Waals surface area contributed by atoms with Crippen LogP contribution in [0.4, 0.5) is 0 Å². The van der Waals surface area contributed by atoms with Gasteiger partial charge in [0.05, 0.1) is 0 Å². The van der Waals surface area contributed by atoms with Crippen LogP contribution >= 0.6 is 0 Å². The summed E-state index contributed by atoms with van der Waals surface area (Å²) in [6.45, 7) is 0.392. The molecular weight excluding hydrogens is 278 g/mol. The highest BCUT2D eigenvalue weighted by atomic mass is 15.2. The second-order valence-corrected chi connectivity index (χ2v) is 5.52. The third kappa shape index (κ3) is 3.81. The van der Waals surface area contributed by atoms with Crippen LogP contribution in [0.15, 0.2) is 29.5 Å². The van der Waals surface area contributed by atoms with Crippen molar-refractivity contribution in [2.75, 3.05) is 0 Å². The van der Waals surface area contributed by atoms with Crippen molar-refractivity contribution >= 4 is 5.96 Å². The topological polar surface area (TPSA) is 105 Å². The first kappa shape index (κ1) is 14.5. The maximum atomic E-state index is 5.94. The van der Waals surface area contributed by atoms with Gasteiger partial charge in [-0.05, 0) is 25.0 Å². The zero-order valence-corrected chi connectivity index (χ0v) is 12.5. The number of nitrogens with zero attached hydrogens (tertiary/aromatic N) is 4. The Morgan fingerprint density at radius 3 is 2.82 bits per heavy atom. The van der Waals surface area contributed by atoms with Crippen LogP contribution < -0.4 is 11.1 Å². The Kier molecular flexibility index (Phi) is 4.62. The zero-order chi connectivity index (χ0) is 15.2. The smallest absolute Gasteiger partial charge is 0.189 e. The summed E-state index contributed by atoms with van der Waals surface area (Å²) >= 11 is 0. The Morgan fingerprint density at radius 2 is 2.05 bits per heavy atom. The van der Waals surface area contributed by atoms with Gasteiger partial charge >= 0.3 is 0 Å². The van der Waals surface area contributed by atoms with Crippen LogP contribution in [0.2, 0.25) is 0 Å². The van der Waals surface area contributed by atoms with Gasteiger partial charge in [-0.2, -0.15) is 5.10 Å². The molecular formula is C15H21N7. The normalized spacial score (nSPS) is 16.6. The van der Waals surface area contributed by atoms with Crippen LogP contribution in [0, 0.1) is 0 Å². The summed E-state index contributed by atoms with van der Waals surface area (Å²) in [6.07, 6.45) is 9.64. The van der Waals surface area contributed by atoms with Gasteiger partial charge in [-0.3, -0.25) is 10.1 Å². The van der Waals surface area contributed by atoms with E-state index < -0.39 is 0 Å². The zero-order valence-electron chi connectivity index (χ0n) is 12.5. The molecule has 0 atom stereocenters. The Balaban J connectivity index is 1.57. The minimum absolute atomic E-state index is 0.392. The third-order valence-electron chi connectivity index (χ3n) is 3.83. The molecule has 22 heavy (non-hydrogen) atoms. The van der Waals surface area contributed by atoms with Crippen molar-refractivity contribution in [2.24, 2.45) is 10.7 Å². The van der Waals surface area contributed by atoms with E-state index in [-0.39, 0.29) is 0 Å². The Labute approximate surface area is 129 Å². The van der Waals surface area contributed by atoms with E-state index in [0.717, 1.165) is 5.56 Å². The average molecular weight is 299 g/mol. The number of aromatic nitrogens is 4. The van der Waals surface area contributed by atoms with E-state index in [1.165, 1.54) is 32.1 Å². The molecule has 2 aromatic rings. The van der Waals surface area contributed by atoms with E-state index in [0.29, 0.717) is 30.2 Å². The van der Waals surface area contributed by atoms with Crippen molar-refractivity contribution in [3.8, 4) is 11.4 Å². The Hall–Kier alpha value is -2.44. The van der Waals surface area contributed by atoms with Gasteiger partial charge in [0.2, 0.25) is 0 Å². The summed E-state index contributed by atoms with van der Waals surface area (Å²) in [4.78, 5) is 12.7. The lowest BCUT2D eigenvalue weighted by atomic mass is 9.96. The van der Waals surface area contributed by atoms with Crippen LogP contribution in [0.1, 0.15) is 37.9 Å². The average Bonchev–Trinajstić information content (AvgIpc) is 3.04. The molecule has 0 saturated heterocycles. The second kappa shape index (κ2) is 7.02. The van der Waals surface area contributed by atoms with Crippen molar-refractivity contribution in [1.29, 1.82) is 0 Å². The molecule has 0 amide bonds. The number of hydrogen-bond acceptors (Lipinski definition) is 4. The second-order valence-electron chi connectivity index (χ2n) is 5.52. The molecule has 0 spiro atoms. The first-order valence-electron chi connectivity index (χ1n) is 7.69. The van der Waals surface area contributed by atoms with Crippen molar-refractivity contribution in [3.05, 3.63) is 30.4 Å². The predicted octanol–water partition coefficient (Wildman–Crippen LogP) is 1.60. The molecule has 1 saturated carbocycles. The highest BCUT2D eigenvalue weighted by Gasteiger charge is 2.13. The quantitative estimate of drug-likeness (QED) is 0.587. The fourth-order valence-corrected chi connectivity index (χ4v) is 2.66. The highest BCUT2D eigenvalue weighted by Crippen LogP contribution is 2.17. The Morgan fingerprint density at radius 1 is 1.27 bits per heavy atom. The van der Waals surface area contributed by atoms with Gasteiger partial charge in [-0.1, -0.05) is 19.3 Å². The van der Waals surface area contributed by atoms with Gasteiger partial charge in [-0.25, -0.2) is 9.98 Å². The minimum Gasteiger partial charge on any atom is -0.370 e. The molecule has 2 aromatic heterocycles. The third-order valence-corrected chi connectivity index (χ3v) is 3.83. The number of hydrogen-bond donors (Lipinski definition) is 3. The minimum atomic E-state index is 0.392. The number of nitrogens with one attached hydrogen (secondary N) is 2. The summed E-state index contributed by atoms with van der Waals surface area (Å²) in [7, 11) is 0. The number of aliphatic imine (C=N–C) groups is 1. The molecule has 0 unspecified atom stereocenters. The molecule has 7 nitrogen and oxygen atoms in total. The molecule has 0 radical (unpaired) electrons.